The van der Waals surface area contributed by atoms with Crippen molar-refractivity contribution in [2.75, 3.05) is 85.5 Å². The number of hydrogen-bond donors (Lipinski definition) is 10. The minimum Gasteiger partial charge on any atom is -0.426 e. The summed E-state index contributed by atoms with van der Waals surface area (Å²) >= 11 is 0. The maximum absolute atomic E-state index is 13.2. The van der Waals surface area contributed by atoms with Gasteiger partial charge >= 0.3 is 24.0 Å². The first kappa shape index (κ1) is 78.0. The van der Waals surface area contributed by atoms with Crippen molar-refractivity contribution in [3.8, 4) is 11.5 Å². The molecule has 0 fully saturated rings. The number of fused-ring (bicyclic) bond motifs is 4. The fourth-order valence-electron chi connectivity index (χ4n) is 13.0. The van der Waals surface area contributed by atoms with Gasteiger partial charge in [0, 0.05) is 119 Å². The molecule has 6 aromatic carbocycles. The van der Waals surface area contributed by atoms with E-state index >= 15 is 0 Å². The Morgan fingerprint density at radius 2 is 0.900 bits per heavy atom. The summed E-state index contributed by atoms with van der Waals surface area (Å²) in [6.45, 7) is 22.2. The Kier molecular flexibility index (Phi) is 25.5. The molecule has 4 aromatic heterocycles. The lowest BCUT2D eigenvalue weighted by molar-refractivity contribution is -0.135. The predicted octanol–water partition coefficient (Wildman–Crippen LogP) is 12.2. The number of H-pyrrole nitrogens is 2. The highest BCUT2D eigenvalue weighted by Crippen LogP contribution is 2.39. The molecule has 0 saturated heterocycles. The molecule has 2 aliphatic heterocycles. The lowest BCUT2D eigenvalue weighted by atomic mass is 10.0. The maximum atomic E-state index is 13.2. The maximum Gasteiger partial charge on any atom is 0.323 e. The number of anilines is 5. The van der Waals surface area contributed by atoms with Crippen molar-refractivity contribution in [3.63, 3.8) is 0 Å². The number of para-hydroxylation sites is 1. The summed E-state index contributed by atoms with van der Waals surface area (Å²) in [5, 5.41) is 32.5. The van der Waals surface area contributed by atoms with Gasteiger partial charge in [-0.1, -0.05) is 76.2 Å². The molecule has 12 rings (SSSR count). The number of aromatic nitrogens is 6. The Hall–Kier alpha value is -13.1. The summed E-state index contributed by atoms with van der Waals surface area (Å²) in [6, 6.07) is 37.8. The topological polar surface area (TPSA) is 359 Å². The van der Waals surface area contributed by atoms with Crippen molar-refractivity contribution >= 4 is 133 Å². The summed E-state index contributed by atoms with van der Waals surface area (Å²) in [5.74, 6) is -2.78. The minimum absolute atomic E-state index is 0.180. The summed E-state index contributed by atoms with van der Waals surface area (Å²) in [7, 11) is 0. The van der Waals surface area contributed by atoms with E-state index in [9.17, 15) is 47.9 Å². The molecular weight excluding hydrogens is 1400 g/mol. The third-order valence-electron chi connectivity index (χ3n) is 19.0. The van der Waals surface area contributed by atoms with E-state index in [0.717, 1.165) is 44.8 Å². The van der Waals surface area contributed by atoms with Crippen molar-refractivity contribution in [2.45, 2.75) is 87.5 Å². The smallest absolute Gasteiger partial charge is 0.323 e. The zero-order valence-corrected chi connectivity index (χ0v) is 62.5. The number of carbonyl (C=O) groups excluding carboxylic acids is 10. The molecule has 0 radical (unpaired) electrons. The van der Waals surface area contributed by atoms with Crippen LogP contribution in [0.15, 0.2) is 146 Å². The van der Waals surface area contributed by atoms with Gasteiger partial charge in [-0.15, -0.1) is 0 Å². The van der Waals surface area contributed by atoms with Crippen LogP contribution in [-0.2, 0) is 25.6 Å². The first-order valence-electron chi connectivity index (χ1n) is 36.5. The lowest BCUT2D eigenvalue weighted by Crippen LogP contribution is -2.35. The number of benzene rings is 6. The van der Waals surface area contributed by atoms with Crippen LogP contribution in [-0.4, -0.2) is 158 Å². The highest BCUT2D eigenvalue weighted by molar-refractivity contribution is 6.36. The van der Waals surface area contributed by atoms with Crippen LogP contribution >= 0.6 is 0 Å². The van der Waals surface area contributed by atoms with Gasteiger partial charge in [0.15, 0.2) is 0 Å². The summed E-state index contributed by atoms with van der Waals surface area (Å²) in [4.78, 5) is 140. The Bertz CT molecular complexity index is 5220. The molecule has 110 heavy (non-hydrogen) atoms. The van der Waals surface area contributed by atoms with Crippen LogP contribution in [0.4, 0.5) is 38.0 Å². The van der Waals surface area contributed by atoms with E-state index in [0.29, 0.717) is 144 Å². The van der Waals surface area contributed by atoms with Crippen molar-refractivity contribution in [2.24, 2.45) is 0 Å². The summed E-state index contributed by atoms with van der Waals surface area (Å²) in [6.07, 6.45) is 6.32. The Morgan fingerprint density at radius 1 is 0.473 bits per heavy atom. The number of nitrogens with one attached hydrogen (secondary N) is 10. The molecule has 0 aliphatic carbocycles. The molecule has 28 nitrogen and oxygen atoms in total. The van der Waals surface area contributed by atoms with Crippen LogP contribution in [0.25, 0.3) is 45.1 Å². The van der Waals surface area contributed by atoms with Gasteiger partial charge in [-0.3, -0.25) is 38.4 Å². The number of carbonyl (C=O) groups is 10. The fraction of sp³-hybridized carbons (Fsp3) is 0.268. The second-order valence-electron chi connectivity index (χ2n) is 26.3. The SMILES string of the molecule is CCN(CC)CCNC(=O)c1c(C)[nH]c(/C=C2\C(=O)Nc3ccc(OC(=O)CCC(=O)n4ncc5ccc(NC(=O)NCCc6ccccc6)cc54)cc32)c1C.CCN(CC)CCNC(=O)c1c(C)[nH]c(/C=C2\C(=O)Nc3ccc(OC(=O)CCC(=O)n4ncc5ccc(NC(=O)Nc6ccccc6)cc54)cc32)c1C. The number of aryl methyl sites for hydroxylation is 2. The first-order valence-corrected chi connectivity index (χ1v) is 36.5. The van der Waals surface area contributed by atoms with Crippen LogP contribution < -0.4 is 52.0 Å². The third kappa shape index (κ3) is 19.2. The number of amides is 8. The number of aromatic amines is 2. The van der Waals surface area contributed by atoms with Crippen molar-refractivity contribution in [1.82, 2.24) is 55.3 Å². The molecule has 10 N–H and O–H groups in total. The third-order valence-corrected chi connectivity index (χ3v) is 19.0. The van der Waals surface area contributed by atoms with Gasteiger partial charge in [0.1, 0.15) is 11.5 Å². The van der Waals surface area contributed by atoms with E-state index in [2.05, 4.69) is 100 Å². The van der Waals surface area contributed by atoms with E-state index in [1.807, 2.05) is 76.2 Å². The van der Waals surface area contributed by atoms with Crippen molar-refractivity contribution < 1.29 is 57.4 Å². The number of urea groups is 2. The minimum atomic E-state index is -0.644. The molecule has 0 unspecified atom stereocenters. The average molecular weight is 1490 g/mol. The highest BCUT2D eigenvalue weighted by Gasteiger charge is 2.30. The standard InChI is InChI=1S/C42H46N8O6.C40H42N8O6/c1-5-49(6-2)21-20-43-41(54)39-26(3)35(46-27(39)4)24-33-32-23-31(14-15-34(32)48-40(33)53)56-38(52)17-16-37(51)50-36-22-30(13-12-29(36)25-45-50)47-42(55)44-19-18-28-10-8-7-9-11-28;1-5-47(6-2)19-18-41-39(52)37-24(3)33(43-25(37)4)22-31-30-21-29(14-15-32(30)46-38(31)51)54-36(50)17-16-35(49)48-34-20-28(13-12-26(34)23-42-48)45-40(53)44-27-10-8-7-9-11-27/h7-15,22-25,46H,5-6,16-21H2,1-4H3,(H,43,54)(H,48,53)(H2,44,47,55);7-15,20-23,43H,5-6,16-19H2,1-4H3,(H,41,52)(H,46,51)(H2,44,45,53)/b33-24-;31-22-. The van der Waals surface area contributed by atoms with E-state index in [4.69, 9.17) is 9.47 Å². The molecule has 6 heterocycles. The molecule has 28 heteroatoms. The Morgan fingerprint density at radius 3 is 1.35 bits per heavy atom. The van der Waals surface area contributed by atoms with Crippen molar-refractivity contribution in [1.29, 1.82) is 0 Å². The van der Waals surface area contributed by atoms with Crippen LogP contribution in [0.5, 0.6) is 11.5 Å². The zero-order valence-electron chi connectivity index (χ0n) is 62.5. The molecule has 10 aromatic rings. The molecule has 8 amide bonds. The van der Waals surface area contributed by atoms with E-state index < -0.39 is 29.8 Å². The van der Waals surface area contributed by atoms with Gasteiger partial charge in [-0.2, -0.15) is 10.2 Å². The molecule has 568 valence electrons. The largest absolute Gasteiger partial charge is 0.426 e. The average Bonchev–Trinajstić information content (AvgIpc) is 1.64. The molecule has 0 bridgehead atoms. The van der Waals surface area contributed by atoms with Gasteiger partial charge in [-0.05, 0) is 174 Å². The second-order valence-corrected chi connectivity index (χ2v) is 26.3. The number of hydrogen-bond acceptors (Lipinski definition) is 16. The van der Waals surface area contributed by atoms with Gasteiger partial charge in [0.05, 0.1) is 58.5 Å². The van der Waals surface area contributed by atoms with Crippen LogP contribution in [0.2, 0.25) is 0 Å². The molecule has 0 spiro atoms. The quantitative estimate of drug-likeness (QED) is 0.0124. The number of esters is 2. The first-order chi connectivity index (χ1) is 53.1. The van der Waals surface area contributed by atoms with Gasteiger partial charge < -0.3 is 71.8 Å². The summed E-state index contributed by atoms with van der Waals surface area (Å²) < 4.78 is 13.6. The fourth-order valence-corrected chi connectivity index (χ4v) is 13.0. The summed E-state index contributed by atoms with van der Waals surface area (Å²) in [5.41, 5.74) is 11.6. The number of rotatable bonds is 28. The normalized spacial score (nSPS) is 12.8. The lowest BCUT2D eigenvalue weighted by Gasteiger charge is -2.18. The van der Waals surface area contributed by atoms with Crippen LogP contribution in [0, 0.1) is 27.7 Å². The number of likely N-dealkylation sites (N-methyl/N-ethyl adjacent to an activating group) is 2. The zero-order chi connectivity index (χ0) is 78.1. The number of nitrogens with zero attached hydrogens (tertiary/aromatic N) is 6. The van der Waals surface area contributed by atoms with Gasteiger partial charge in [0.25, 0.3) is 23.6 Å². The van der Waals surface area contributed by atoms with E-state index in [-0.39, 0.29) is 66.8 Å². The molecule has 0 saturated carbocycles. The molecule has 2 aliphatic rings. The predicted molar refractivity (Wildman–Crippen MR) is 423 cm³/mol. The van der Waals surface area contributed by atoms with Crippen molar-refractivity contribution in [3.05, 3.63) is 208 Å². The Labute approximate surface area is 634 Å². The van der Waals surface area contributed by atoms with Gasteiger partial charge in [-0.25, -0.2) is 19.0 Å². The van der Waals surface area contributed by atoms with Crippen LogP contribution in [0.3, 0.4) is 0 Å². The highest BCUT2D eigenvalue weighted by atomic mass is 16.5. The monoisotopic (exact) mass is 1490 g/mol. The van der Waals surface area contributed by atoms with Gasteiger partial charge in [0.2, 0.25) is 11.8 Å². The number of ether oxygens (including phenoxy) is 2. The molecular formula is C82H88N16O12. The van der Waals surface area contributed by atoms with E-state index in [1.54, 1.807) is 103 Å². The second kappa shape index (κ2) is 36.0. The Balaban J connectivity index is 0.000000218. The van der Waals surface area contributed by atoms with Crippen LogP contribution in [0.1, 0.15) is 134 Å². The molecule has 0 atom stereocenters. The van der Waals surface area contributed by atoms with E-state index in [1.165, 1.54) is 15.6 Å².